The Hall–Kier alpha value is -3.35. The number of thioether (sulfide) groups is 1. The van der Waals surface area contributed by atoms with E-state index >= 15 is 0 Å². The van der Waals surface area contributed by atoms with E-state index in [1.807, 2.05) is 11.0 Å². The van der Waals surface area contributed by atoms with Gasteiger partial charge in [0.25, 0.3) is 5.91 Å². The Morgan fingerprint density at radius 2 is 2.11 bits per heavy atom. The summed E-state index contributed by atoms with van der Waals surface area (Å²) in [6, 6.07) is 8.65. The molecular weight excluding hydrogens is 541 g/mol. The number of halogens is 4. The molecule has 13 heteroatoms. The number of hydrogen-bond donors (Lipinski definition) is 2. The molecule has 2 aliphatic rings. The van der Waals surface area contributed by atoms with E-state index in [2.05, 4.69) is 20.7 Å². The Morgan fingerprint density at radius 1 is 1.29 bits per heavy atom. The molecular formula is C25H22ClF3N6O2S. The predicted molar refractivity (Wildman–Crippen MR) is 141 cm³/mol. The number of alkyl halides is 3. The quantitative estimate of drug-likeness (QED) is 0.471. The van der Waals surface area contributed by atoms with Crippen LogP contribution in [0.25, 0.3) is 17.0 Å². The van der Waals surface area contributed by atoms with Crippen LogP contribution in [0.2, 0.25) is 5.02 Å². The summed E-state index contributed by atoms with van der Waals surface area (Å²) >= 11 is 7.04. The van der Waals surface area contributed by atoms with Crippen molar-refractivity contribution in [2.75, 3.05) is 26.7 Å². The Kier molecular flexibility index (Phi) is 7.21. The molecule has 8 nitrogen and oxygen atoms in total. The molecule has 0 bridgehead atoms. The summed E-state index contributed by atoms with van der Waals surface area (Å²) in [6.07, 6.45) is -1.24. The number of rotatable bonds is 4. The number of carbonyl (C=O) groups is 2. The third-order valence-corrected chi connectivity index (χ3v) is 7.56. The van der Waals surface area contributed by atoms with E-state index in [0.29, 0.717) is 40.6 Å². The van der Waals surface area contributed by atoms with Crippen molar-refractivity contribution in [2.45, 2.75) is 18.8 Å². The minimum atomic E-state index is -4.54. The van der Waals surface area contributed by atoms with Crippen LogP contribution in [0.5, 0.6) is 0 Å². The normalized spacial score (nSPS) is 19.3. The Morgan fingerprint density at radius 3 is 2.87 bits per heavy atom. The van der Waals surface area contributed by atoms with Crippen LogP contribution >= 0.6 is 23.4 Å². The van der Waals surface area contributed by atoms with Crippen molar-refractivity contribution >= 4 is 57.3 Å². The van der Waals surface area contributed by atoms with Gasteiger partial charge in [-0.15, -0.1) is 0 Å². The lowest BCUT2D eigenvalue weighted by Gasteiger charge is -2.33. The summed E-state index contributed by atoms with van der Waals surface area (Å²) in [5.74, 6) is -0.488. The SMILES string of the molecule is CNC(=O)[C@@H]1CN(C2=NC(=O)/C(=C\c3ccc4c(cnn4Cc4ccc(Cl)cc4C(F)(F)F)c3)S2)CCN1. The lowest BCUT2D eigenvalue weighted by Crippen LogP contribution is -2.57. The number of nitrogens with zero attached hydrogens (tertiary/aromatic N) is 4. The van der Waals surface area contributed by atoms with Crippen molar-refractivity contribution in [2.24, 2.45) is 4.99 Å². The number of nitrogens with one attached hydrogen (secondary N) is 2. The van der Waals surface area contributed by atoms with Crippen molar-refractivity contribution in [1.29, 1.82) is 0 Å². The average molecular weight is 563 g/mol. The van der Waals surface area contributed by atoms with E-state index in [4.69, 9.17) is 11.6 Å². The van der Waals surface area contributed by atoms with Crippen LogP contribution in [0, 0.1) is 0 Å². The molecule has 0 spiro atoms. The van der Waals surface area contributed by atoms with Gasteiger partial charge in [0.15, 0.2) is 5.17 Å². The first kappa shape index (κ1) is 26.3. The van der Waals surface area contributed by atoms with E-state index in [1.165, 1.54) is 28.6 Å². The van der Waals surface area contributed by atoms with E-state index in [1.54, 1.807) is 31.5 Å². The third kappa shape index (κ3) is 5.42. The number of aromatic nitrogens is 2. The highest BCUT2D eigenvalue weighted by atomic mass is 35.5. The van der Waals surface area contributed by atoms with Crippen LogP contribution in [0.3, 0.4) is 0 Å². The van der Waals surface area contributed by atoms with Gasteiger partial charge in [-0.05, 0) is 53.2 Å². The average Bonchev–Trinajstić information content (AvgIpc) is 3.46. The van der Waals surface area contributed by atoms with Crippen LogP contribution in [0.1, 0.15) is 16.7 Å². The van der Waals surface area contributed by atoms with Gasteiger partial charge in [0.2, 0.25) is 5.91 Å². The zero-order chi connectivity index (χ0) is 27.0. The Bertz CT molecular complexity index is 1490. The first-order chi connectivity index (χ1) is 18.1. The van der Waals surface area contributed by atoms with Crippen LogP contribution < -0.4 is 10.6 Å². The maximum Gasteiger partial charge on any atom is 0.416 e. The molecule has 0 unspecified atom stereocenters. The second-order valence-electron chi connectivity index (χ2n) is 8.80. The van der Waals surface area contributed by atoms with Gasteiger partial charge in [0, 0.05) is 37.1 Å². The lowest BCUT2D eigenvalue weighted by molar-refractivity contribution is -0.138. The highest BCUT2D eigenvalue weighted by Gasteiger charge is 2.34. The first-order valence-electron chi connectivity index (χ1n) is 11.7. The molecule has 1 fully saturated rings. The molecule has 1 atom stereocenters. The monoisotopic (exact) mass is 562 g/mol. The van der Waals surface area contributed by atoms with Crippen LogP contribution in [0.15, 0.2) is 52.5 Å². The van der Waals surface area contributed by atoms with Gasteiger partial charge < -0.3 is 15.5 Å². The van der Waals surface area contributed by atoms with Gasteiger partial charge in [0.1, 0.15) is 6.04 Å². The van der Waals surface area contributed by atoms with Gasteiger partial charge in [-0.2, -0.15) is 23.3 Å². The Labute approximate surface area is 224 Å². The van der Waals surface area contributed by atoms with Crippen LogP contribution in [-0.4, -0.2) is 64.4 Å². The molecule has 0 aliphatic carbocycles. The molecule has 2 amide bonds. The van der Waals surface area contributed by atoms with Crippen LogP contribution in [-0.2, 0) is 22.3 Å². The number of likely N-dealkylation sites (N-methyl/N-ethyl adjacent to an activating group) is 1. The minimum Gasteiger partial charge on any atom is -0.358 e. The van der Waals surface area contributed by atoms with E-state index in [-0.39, 0.29) is 35.0 Å². The molecule has 38 heavy (non-hydrogen) atoms. The maximum atomic E-state index is 13.5. The zero-order valence-corrected chi connectivity index (χ0v) is 21.6. The molecule has 0 saturated carbocycles. The number of fused-ring (bicyclic) bond motifs is 1. The number of piperazine rings is 1. The fraction of sp³-hybridized carbons (Fsp3) is 0.280. The molecule has 3 aromatic rings. The maximum absolute atomic E-state index is 13.5. The van der Waals surface area contributed by atoms with Crippen molar-refractivity contribution in [3.05, 3.63) is 69.2 Å². The molecule has 198 valence electrons. The number of amides is 2. The number of amidine groups is 1. The summed E-state index contributed by atoms with van der Waals surface area (Å²) in [5, 5.41) is 11.3. The lowest BCUT2D eigenvalue weighted by atomic mass is 10.1. The van der Waals surface area contributed by atoms with E-state index < -0.39 is 11.7 Å². The molecule has 3 heterocycles. The molecule has 2 aromatic carbocycles. The molecule has 0 radical (unpaired) electrons. The number of hydrogen-bond acceptors (Lipinski definition) is 6. The summed E-state index contributed by atoms with van der Waals surface area (Å²) in [7, 11) is 1.58. The fourth-order valence-corrected chi connectivity index (χ4v) is 5.51. The highest BCUT2D eigenvalue weighted by Crippen LogP contribution is 2.35. The van der Waals surface area contributed by atoms with Crippen LogP contribution in [0.4, 0.5) is 13.2 Å². The summed E-state index contributed by atoms with van der Waals surface area (Å²) in [5.41, 5.74) is 0.644. The van der Waals surface area contributed by atoms with Gasteiger partial charge in [0.05, 0.1) is 28.7 Å². The zero-order valence-electron chi connectivity index (χ0n) is 20.1. The third-order valence-electron chi connectivity index (χ3n) is 6.28. The van der Waals surface area contributed by atoms with Crippen molar-refractivity contribution < 1.29 is 22.8 Å². The summed E-state index contributed by atoms with van der Waals surface area (Å²) in [4.78, 5) is 31.1. The van der Waals surface area contributed by atoms with E-state index in [9.17, 15) is 22.8 Å². The predicted octanol–water partition coefficient (Wildman–Crippen LogP) is 3.75. The van der Waals surface area contributed by atoms with Crippen molar-refractivity contribution in [1.82, 2.24) is 25.3 Å². The van der Waals surface area contributed by atoms with Gasteiger partial charge in [-0.25, -0.2) is 0 Å². The molecule has 1 saturated heterocycles. The fourth-order valence-electron chi connectivity index (χ4n) is 4.39. The van der Waals surface area contributed by atoms with Gasteiger partial charge in [-0.3, -0.25) is 14.3 Å². The smallest absolute Gasteiger partial charge is 0.358 e. The van der Waals surface area contributed by atoms with Crippen molar-refractivity contribution in [3.63, 3.8) is 0 Å². The number of benzene rings is 2. The molecule has 2 N–H and O–H groups in total. The topological polar surface area (TPSA) is 91.6 Å². The number of carbonyl (C=O) groups excluding carboxylic acids is 2. The first-order valence-corrected chi connectivity index (χ1v) is 12.9. The standard InChI is InChI=1S/C25H22ClF3N6O2S/c1-30-22(36)19-13-34(7-6-31-19)24-33-23(37)21(38-24)9-14-2-5-20-16(8-14)11-32-35(20)12-15-3-4-17(26)10-18(15)25(27,28)29/h2-5,8-11,19,31H,6-7,12-13H2,1H3,(H,30,36)/b21-9+/t19-/m0/s1. The second-order valence-corrected chi connectivity index (χ2v) is 10.2. The summed E-state index contributed by atoms with van der Waals surface area (Å²) in [6.45, 7) is 1.53. The molecule has 2 aliphatic heterocycles. The van der Waals surface area contributed by atoms with Gasteiger partial charge >= 0.3 is 6.18 Å². The highest BCUT2D eigenvalue weighted by molar-refractivity contribution is 8.18. The van der Waals surface area contributed by atoms with Crippen molar-refractivity contribution in [3.8, 4) is 0 Å². The van der Waals surface area contributed by atoms with Gasteiger partial charge in [-0.1, -0.05) is 23.7 Å². The second kappa shape index (κ2) is 10.4. The summed E-state index contributed by atoms with van der Waals surface area (Å²) < 4.78 is 42.0. The largest absolute Gasteiger partial charge is 0.416 e. The number of aliphatic imine (C=N–C) groups is 1. The minimum absolute atomic E-state index is 0.0128. The van der Waals surface area contributed by atoms with E-state index in [0.717, 1.165) is 11.6 Å². The molecule has 5 rings (SSSR count). The molecule has 1 aromatic heterocycles. The Balaban J connectivity index is 1.33.